The van der Waals surface area contributed by atoms with Gasteiger partial charge in [0, 0.05) is 44.0 Å². The molecule has 2 N–H and O–H groups in total. The molecule has 2 aromatic rings. The van der Waals surface area contributed by atoms with Gasteiger partial charge in [-0.15, -0.1) is 0 Å². The summed E-state index contributed by atoms with van der Waals surface area (Å²) < 4.78 is 5.74. The second-order valence-corrected chi connectivity index (χ2v) is 8.69. The summed E-state index contributed by atoms with van der Waals surface area (Å²) in [7, 11) is 1.82. The van der Waals surface area contributed by atoms with Gasteiger partial charge in [-0.1, -0.05) is 47.3 Å². The summed E-state index contributed by atoms with van der Waals surface area (Å²) in [5.41, 5.74) is 5.15. The van der Waals surface area contributed by atoms with Gasteiger partial charge in [-0.05, 0) is 67.3 Å². The largest absolute Gasteiger partial charge is 0.507 e. The van der Waals surface area contributed by atoms with Gasteiger partial charge in [0.2, 0.25) is 0 Å². The molecular formula is C30H45N3O3. The van der Waals surface area contributed by atoms with Crippen LogP contribution in [0, 0.1) is 0 Å². The van der Waals surface area contributed by atoms with E-state index in [9.17, 15) is 9.90 Å². The van der Waals surface area contributed by atoms with Crippen LogP contribution in [0.4, 0.5) is 5.69 Å². The van der Waals surface area contributed by atoms with E-state index < -0.39 is 0 Å². The number of nitrogens with one attached hydrogen (secondary N) is 1. The number of rotatable bonds is 8. The lowest BCUT2D eigenvalue weighted by molar-refractivity contribution is 0.0748. The second kappa shape index (κ2) is 14.5. The third kappa shape index (κ3) is 7.03. The Balaban J connectivity index is 0.00000109. The Hall–Kier alpha value is -2.99. The maximum absolute atomic E-state index is 13.4. The van der Waals surface area contributed by atoms with Crippen molar-refractivity contribution < 1.29 is 14.6 Å². The molecule has 198 valence electrons. The van der Waals surface area contributed by atoms with Crippen LogP contribution in [0.2, 0.25) is 0 Å². The second-order valence-electron chi connectivity index (χ2n) is 8.69. The molecule has 0 unspecified atom stereocenters. The minimum Gasteiger partial charge on any atom is -0.507 e. The third-order valence-corrected chi connectivity index (χ3v) is 6.29. The molecular weight excluding hydrogens is 450 g/mol. The third-order valence-electron chi connectivity index (χ3n) is 6.29. The first-order valence-corrected chi connectivity index (χ1v) is 13.5. The number of ether oxygens (including phenoxy) is 1. The molecule has 0 bridgehead atoms. The van der Waals surface area contributed by atoms with Crippen LogP contribution in [0.15, 0.2) is 36.9 Å². The van der Waals surface area contributed by atoms with E-state index in [2.05, 4.69) is 23.7 Å². The molecule has 1 fully saturated rings. The van der Waals surface area contributed by atoms with Crippen LogP contribution < -0.4 is 10.1 Å². The predicted molar refractivity (Wildman–Crippen MR) is 151 cm³/mol. The summed E-state index contributed by atoms with van der Waals surface area (Å²) in [4.78, 5) is 17.5. The van der Waals surface area contributed by atoms with E-state index in [0.717, 1.165) is 59.8 Å². The smallest absolute Gasteiger partial charge is 0.258 e. The number of phenolic OH excluding ortho intramolecular Hbond substituents is 1. The summed E-state index contributed by atoms with van der Waals surface area (Å²) in [6.07, 6.45) is 3.38. The fraction of sp³-hybridized carbons (Fsp3) is 0.500. The summed E-state index contributed by atoms with van der Waals surface area (Å²) in [5.74, 6) is 0.647. The number of aromatic hydroxyl groups is 1. The van der Waals surface area contributed by atoms with E-state index >= 15 is 0 Å². The number of likely N-dealkylation sites (tertiary alicyclic amines) is 1. The first kappa shape index (κ1) is 29.2. The summed E-state index contributed by atoms with van der Waals surface area (Å²) in [5, 5.41) is 13.8. The van der Waals surface area contributed by atoms with Crippen molar-refractivity contribution in [2.24, 2.45) is 0 Å². The molecule has 4 rings (SSSR count). The standard InChI is InChI=1S/C26H33N3O3.2C2H6/c1-4-11-32-21-8-7-19-16-29(17-20(19)12-21)26(31)23-13-22(24(27-3)14-25(23)30)18(2)15-28-9-5-6-10-28;2*1-2/h7-8,12-14,27,30H,2,4-6,9-11,15-17H2,1,3H3;2*1-2H3. The van der Waals surface area contributed by atoms with Crippen molar-refractivity contribution in [1.29, 1.82) is 0 Å². The minimum absolute atomic E-state index is 0.0139. The van der Waals surface area contributed by atoms with Crippen molar-refractivity contribution in [3.63, 3.8) is 0 Å². The van der Waals surface area contributed by atoms with Crippen LogP contribution >= 0.6 is 0 Å². The summed E-state index contributed by atoms with van der Waals surface area (Å²) in [6, 6.07) is 9.44. The van der Waals surface area contributed by atoms with E-state index in [1.54, 1.807) is 17.0 Å². The van der Waals surface area contributed by atoms with E-state index in [0.29, 0.717) is 25.3 Å². The Labute approximate surface area is 218 Å². The average Bonchev–Trinajstić information content (AvgIpc) is 3.58. The van der Waals surface area contributed by atoms with Crippen LogP contribution in [0.1, 0.15) is 80.9 Å². The fourth-order valence-electron chi connectivity index (χ4n) is 4.55. The Kier molecular flexibility index (Phi) is 11.8. The van der Waals surface area contributed by atoms with Gasteiger partial charge in [0.05, 0.1) is 12.2 Å². The Bertz CT molecular complexity index is 1010. The van der Waals surface area contributed by atoms with Crippen LogP contribution in [-0.2, 0) is 13.1 Å². The normalized spacial score (nSPS) is 14.2. The molecule has 2 aliphatic rings. The van der Waals surface area contributed by atoms with Gasteiger partial charge < -0.3 is 20.1 Å². The zero-order valence-electron chi connectivity index (χ0n) is 23.1. The topological polar surface area (TPSA) is 65.0 Å². The Morgan fingerprint density at radius 2 is 1.69 bits per heavy atom. The number of carbonyl (C=O) groups is 1. The van der Waals surface area contributed by atoms with Gasteiger partial charge in [-0.25, -0.2) is 0 Å². The molecule has 0 aromatic heterocycles. The molecule has 2 heterocycles. The molecule has 36 heavy (non-hydrogen) atoms. The van der Waals surface area contributed by atoms with E-state index in [-0.39, 0.29) is 11.7 Å². The van der Waals surface area contributed by atoms with Crippen molar-refractivity contribution in [2.45, 2.75) is 67.0 Å². The predicted octanol–water partition coefficient (Wildman–Crippen LogP) is 6.54. The molecule has 0 spiro atoms. The molecule has 0 aliphatic carbocycles. The van der Waals surface area contributed by atoms with E-state index in [1.807, 2.05) is 52.9 Å². The van der Waals surface area contributed by atoms with Crippen molar-refractivity contribution in [3.8, 4) is 11.5 Å². The van der Waals surface area contributed by atoms with E-state index in [1.165, 1.54) is 12.8 Å². The highest BCUT2D eigenvalue weighted by Crippen LogP contribution is 2.34. The molecule has 1 amide bonds. The molecule has 1 saturated heterocycles. The fourth-order valence-corrected chi connectivity index (χ4v) is 4.55. The van der Waals surface area contributed by atoms with E-state index in [4.69, 9.17) is 4.74 Å². The molecule has 2 aliphatic heterocycles. The zero-order chi connectivity index (χ0) is 26.7. The maximum Gasteiger partial charge on any atom is 0.258 e. The number of fused-ring (bicyclic) bond motifs is 1. The van der Waals surface area contributed by atoms with Crippen LogP contribution in [0.3, 0.4) is 0 Å². The van der Waals surface area contributed by atoms with Gasteiger partial charge in [0.25, 0.3) is 5.91 Å². The van der Waals surface area contributed by atoms with Crippen LogP contribution in [0.5, 0.6) is 11.5 Å². The number of phenols is 1. The molecule has 0 radical (unpaired) electrons. The lowest BCUT2D eigenvalue weighted by atomic mass is 10.00. The van der Waals surface area contributed by atoms with Gasteiger partial charge in [0.1, 0.15) is 11.5 Å². The molecule has 0 saturated carbocycles. The molecule has 0 atom stereocenters. The number of benzene rings is 2. The van der Waals surface area contributed by atoms with Crippen molar-refractivity contribution in [1.82, 2.24) is 9.80 Å². The Morgan fingerprint density at radius 3 is 2.33 bits per heavy atom. The monoisotopic (exact) mass is 495 g/mol. The lowest BCUT2D eigenvalue weighted by Gasteiger charge is -2.21. The Morgan fingerprint density at radius 1 is 1.03 bits per heavy atom. The highest BCUT2D eigenvalue weighted by atomic mass is 16.5. The van der Waals surface area contributed by atoms with Gasteiger partial charge in [-0.3, -0.25) is 9.69 Å². The highest BCUT2D eigenvalue weighted by molar-refractivity contribution is 5.99. The minimum atomic E-state index is -0.174. The molecule has 6 nitrogen and oxygen atoms in total. The lowest BCUT2D eigenvalue weighted by Crippen LogP contribution is -2.26. The zero-order valence-corrected chi connectivity index (χ0v) is 23.1. The van der Waals surface area contributed by atoms with Crippen molar-refractivity contribution in [3.05, 3.63) is 59.2 Å². The van der Waals surface area contributed by atoms with Gasteiger partial charge in [-0.2, -0.15) is 0 Å². The van der Waals surface area contributed by atoms with Crippen LogP contribution in [-0.4, -0.2) is 54.1 Å². The number of anilines is 1. The highest BCUT2D eigenvalue weighted by Gasteiger charge is 2.27. The van der Waals surface area contributed by atoms with Crippen LogP contribution in [0.25, 0.3) is 5.57 Å². The summed E-state index contributed by atoms with van der Waals surface area (Å²) >= 11 is 0. The molecule has 2 aromatic carbocycles. The van der Waals surface area contributed by atoms with Crippen molar-refractivity contribution in [2.75, 3.05) is 38.6 Å². The quantitative estimate of drug-likeness (QED) is 0.435. The molecule has 6 heteroatoms. The van der Waals surface area contributed by atoms with Crippen molar-refractivity contribution >= 4 is 17.2 Å². The maximum atomic E-state index is 13.4. The average molecular weight is 496 g/mol. The first-order chi connectivity index (χ1) is 17.5. The van der Waals surface area contributed by atoms with Gasteiger partial charge in [0.15, 0.2) is 0 Å². The number of carbonyl (C=O) groups excluding carboxylic acids is 1. The number of hydrogen-bond donors (Lipinski definition) is 2. The number of hydrogen-bond acceptors (Lipinski definition) is 5. The van der Waals surface area contributed by atoms with Gasteiger partial charge >= 0.3 is 0 Å². The SMILES string of the molecule is C=C(CN1CCCC1)c1cc(C(=O)N2Cc3ccc(OCCC)cc3C2)c(O)cc1NC.CC.CC. The number of nitrogens with zero attached hydrogens (tertiary/aromatic N) is 2. The summed E-state index contributed by atoms with van der Waals surface area (Å²) in [6.45, 7) is 19.0. The number of amides is 1. The first-order valence-electron chi connectivity index (χ1n) is 13.5.